The predicted molar refractivity (Wildman–Crippen MR) is 107 cm³/mol. The molecule has 4 rings (SSSR count). The molecule has 2 aliphatic rings. The monoisotopic (exact) mass is 414 g/mol. The lowest BCUT2D eigenvalue weighted by molar-refractivity contribution is -0.126. The van der Waals surface area contributed by atoms with Crippen LogP contribution in [-0.2, 0) is 39.0 Å². The number of benzene rings is 2. The Balaban J connectivity index is 1.55. The van der Waals surface area contributed by atoms with Gasteiger partial charge in [-0.15, -0.1) is 0 Å². The highest BCUT2D eigenvalue weighted by molar-refractivity contribution is 7.89. The summed E-state index contributed by atoms with van der Waals surface area (Å²) in [6.07, 6.45) is 1.03. The molecule has 8 nitrogen and oxygen atoms in total. The van der Waals surface area contributed by atoms with E-state index in [1.807, 2.05) is 29.2 Å². The number of hydrogen-bond acceptors (Lipinski definition) is 5. The van der Waals surface area contributed by atoms with Gasteiger partial charge in [-0.05, 0) is 47.7 Å². The quantitative estimate of drug-likeness (QED) is 0.736. The topological polar surface area (TPSA) is 127 Å². The van der Waals surface area contributed by atoms with Crippen LogP contribution in [0.15, 0.2) is 47.4 Å². The molecule has 0 bridgehead atoms. The molecule has 152 valence electrons. The van der Waals surface area contributed by atoms with E-state index in [0.29, 0.717) is 31.6 Å². The van der Waals surface area contributed by atoms with Crippen molar-refractivity contribution in [2.45, 2.75) is 30.3 Å². The minimum atomic E-state index is -3.79. The molecule has 2 heterocycles. The highest BCUT2D eigenvalue weighted by Crippen LogP contribution is 2.31. The summed E-state index contributed by atoms with van der Waals surface area (Å²) < 4.78 is 23.1. The summed E-state index contributed by atoms with van der Waals surface area (Å²) in [7, 11) is -3.79. The minimum Gasteiger partial charge on any atom is -0.368 e. The van der Waals surface area contributed by atoms with Crippen LogP contribution in [0.2, 0.25) is 0 Å². The van der Waals surface area contributed by atoms with E-state index >= 15 is 0 Å². The Morgan fingerprint density at radius 3 is 2.48 bits per heavy atom. The maximum Gasteiger partial charge on any atom is 0.241 e. The molecule has 2 aromatic rings. The highest BCUT2D eigenvalue weighted by Gasteiger charge is 2.34. The molecule has 1 atom stereocenters. The molecule has 0 fully saturated rings. The summed E-state index contributed by atoms with van der Waals surface area (Å²) in [5.74, 6) is -0.607. The molecular formula is C20H22N4O4S. The van der Waals surface area contributed by atoms with Crippen molar-refractivity contribution in [2.24, 2.45) is 10.9 Å². The molecule has 4 N–H and O–H groups in total. The number of hydrogen-bond donors (Lipinski definition) is 2. The van der Waals surface area contributed by atoms with Gasteiger partial charge in [-0.2, -0.15) is 0 Å². The Hall–Kier alpha value is -2.75. The number of anilines is 1. The minimum absolute atomic E-state index is 0.0342. The van der Waals surface area contributed by atoms with E-state index < -0.39 is 22.0 Å². The van der Waals surface area contributed by atoms with E-state index in [1.54, 1.807) is 11.0 Å². The second-order valence-corrected chi connectivity index (χ2v) is 8.99. The number of carbonyl (C=O) groups excluding carboxylic acids is 2. The van der Waals surface area contributed by atoms with Crippen LogP contribution in [0.4, 0.5) is 5.69 Å². The smallest absolute Gasteiger partial charge is 0.241 e. The molecule has 2 aromatic carbocycles. The van der Waals surface area contributed by atoms with Gasteiger partial charge in [-0.1, -0.05) is 24.3 Å². The molecule has 0 aliphatic carbocycles. The van der Waals surface area contributed by atoms with Crippen LogP contribution in [0.25, 0.3) is 0 Å². The third kappa shape index (κ3) is 3.76. The van der Waals surface area contributed by atoms with Gasteiger partial charge in [0, 0.05) is 18.8 Å². The van der Waals surface area contributed by atoms with Gasteiger partial charge in [0.25, 0.3) is 0 Å². The zero-order valence-corrected chi connectivity index (χ0v) is 16.6. The Morgan fingerprint density at radius 1 is 1.07 bits per heavy atom. The van der Waals surface area contributed by atoms with Gasteiger partial charge >= 0.3 is 0 Å². The van der Waals surface area contributed by atoms with Crippen molar-refractivity contribution in [1.29, 1.82) is 0 Å². The van der Waals surface area contributed by atoms with Gasteiger partial charge in [0.1, 0.15) is 0 Å². The lowest BCUT2D eigenvalue weighted by Crippen LogP contribution is -2.52. The van der Waals surface area contributed by atoms with Gasteiger partial charge in [-0.25, -0.2) is 13.6 Å². The van der Waals surface area contributed by atoms with Crippen molar-refractivity contribution in [3.8, 4) is 0 Å². The molecule has 2 aliphatic heterocycles. The molecule has 9 heteroatoms. The van der Waals surface area contributed by atoms with Crippen molar-refractivity contribution in [3.63, 3.8) is 0 Å². The van der Waals surface area contributed by atoms with Gasteiger partial charge < -0.3 is 10.6 Å². The van der Waals surface area contributed by atoms with Crippen LogP contribution >= 0.6 is 0 Å². The molecular weight excluding hydrogens is 392 g/mol. The van der Waals surface area contributed by atoms with Crippen LogP contribution < -0.4 is 15.8 Å². The molecule has 0 spiro atoms. The lowest BCUT2D eigenvalue weighted by Gasteiger charge is -2.35. The molecule has 0 saturated carbocycles. The van der Waals surface area contributed by atoms with E-state index in [2.05, 4.69) is 0 Å². The van der Waals surface area contributed by atoms with E-state index in [9.17, 15) is 18.0 Å². The zero-order valence-electron chi connectivity index (χ0n) is 15.7. The molecule has 0 saturated heterocycles. The first-order valence-electron chi connectivity index (χ1n) is 9.30. The summed E-state index contributed by atoms with van der Waals surface area (Å²) >= 11 is 0. The second kappa shape index (κ2) is 7.25. The number of fused-ring (bicyclic) bond motifs is 2. The number of nitrogens with zero attached hydrogens (tertiary/aromatic N) is 2. The maximum absolute atomic E-state index is 13.0. The number of primary amides is 1. The number of carbonyl (C=O) groups is 2. The van der Waals surface area contributed by atoms with Crippen LogP contribution in [0.5, 0.6) is 0 Å². The lowest BCUT2D eigenvalue weighted by atomic mass is 9.93. The number of sulfonamides is 1. The summed E-state index contributed by atoms with van der Waals surface area (Å²) in [5.41, 5.74) is 9.20. The normalized spacial score (nSPS) is 18.9. The Morgan fingerprint density at radius 2 is 1.79 bits per heavy atom. The van der Waals surface area contributed by atoms with Crippen LogP contribution in [0, 0.1) is 0 Å². The van der Waals surface area contributed by atoms with E-state index in [1.165, 1.54) is 12.1 Å². The first-order chi connectivity index (χ1) is 13.7. The summed E-state index contributed by atoms with van der Waals surface area (Å²) in [4.78, 5) is 28.5. The van der Waals surface area contributed by atoms with Crippen molar-refractivity contribution in [3.05, 3.63) is 59.2 Å². The van der Waals surface area contributed by atoms with Crippen molar-refractivity contribution in [2.75, 3.05) is 18.0 Å². The number of primary sulfonamides is 1. The largest absolute Gasteiger partial charge is 0.368 e. The van der Waals surface area contributed by atoms with Gasteiger partial charge in [0.2, 0.25) is 21.8 Å². The van der Waals surface area contributed by atoms with Crippen LogP contribution in [0.3, 0.4) is 0 Å². The third-order valence-corrected chi connectivity index (χ3v) is 6.50. The van der Waals surface area contributed by atoms with Crippen molar-refractivity contribution < 1.29 is 18.0 Å². The number of amides is 2. The highest BCUT2D eigenvalue weighted by atomic mass is 32.2. The van der Waals surface area contributed by atoms with Crippen molar-refractivity contribution in [1.82, 2.24) is 4.90 Å². The first kappa shape index (κ1) is 19.6. The van der Waals surface area contributed by atoms with Gasteiger partial charge in [-0.3, -0.25) is 14.5 Å². The summed E-state index contributed by atoms with van der Waals surface area (Å²) in [5, 5.41) is 5.19. The zero-order chi connectivity index (χ0) is 20.8. The standard InChI is InChI=1S/C20H22N4O4S/c21-20(26)18-10-13-3-1-2-4-15(13)11-23(18)12-19(25)24-8-7-14-9-16(29(22,27)28)5-6-17(14)24/h1-6,9,18H,7-8,10-12H2,(H2,21,26)(H2,22,27,28)/t18-/m0/s1. The fraction of sp³-hybridized carbons (Fsp3) is 0.300. The van der Waals surface area contributed by atoms with Gasteiger partial charge in [0.15, 0.2) is 0 Å². The third-order valence-electron chi connectivity index (χ3n) is 5.59. The van der Waals surface area contributed by atoms with Gasteiger partial charge in [0.05, 0.1) is 17.5 Å². The van der Waals surface area contributed by atoms with Crippen molar-refractivity contribution >= 4 is 27.5 Å². The second-order valence-electron chi connectivity index (χ2n) is 7.43. The number of nitrogens with two attached hydrogens (primary N) is 2. The Kier molecular flexibility index (Phi) is 4.89. The fourth-order valence-electron chi connectivity index (χ4n) is 4.10. The molecule has 0 aromatic heterocycles. The number of rotatable bonds is 4. The molecule has 2 amide bonds. The molecule has 0 radical (unpaired) electrons. The van der Waals surface area contributed by atoms with Crippen LogP contribution in [-0.4, -0.2) is 44.3 Å². The van der Waals surface area contributed by atoms with E-state index in [4.69, 9.17) is 10.9 Å². The van der Waals surface area contributed by atoms with Crippen LogP contribution in [0.1, 0.15) is 16.7 Å². The average Bonchev–Trinajstić information content (AvgIpc) is 3.10. The summed E-state index contributed by atoms with van der Waals surface area (Å²) in [6.45, 7) is 0.979. The Bertz CT molecular complexity index is 1100. The SMILES string of the molecule is NC(=O)[C@@H]1Cc2ccccc2CN1CC(=O)N1CCc2cc(S(N)(=O)=O)ccc21. The molecule has 29 heavy (non-hydrogen) atoms. The molecule has 0 unspecified atom stereocenters. The van der Waals surface area contributed by atoms with E-state index in [-0.39, 0.29) is 17.3 Å². The first-order valence-corrected chi connectivity index (χ1v) is 10.8. The average molecular weight is 414 g/mol. The fourth-order valence-corrected chi connectivity index (χ4v) is 4.66. The Labute approximate surface area is 169 Å². The van der Waals surface area contributed by atoms with E-state index in [0.717, 1.165) is 16.7 Å². The predicted octanol–water partition coefficient (Wildman–Crippen LogP) is 0.135. The maximum atomic E-state index is 13.0. The summed E-state index contributed by atoms with van der Waals surface area (Å²) in [6, 6.07) is 11.8.